The maximum Gasteiger partial charge on any atom is 0.416 e. The van der Waals surface area contributed by atoms with Gasteiger partial charge in [-0.15, -0.1) is 11.3 Å². The van der Waals surface area contributed by atoms with Crippen LogP contribution in [-0.4, -0.2) is 22.8 Å². The monoisotopic (exact) mass is 488 g/mol. The van der Waals surface area contributed by atoms with E-state index in [2.05, 4.69) is 5.32 Å². The maximum absolute atomic E-state index is 13.1. The zero-order valence-corrected chi connectivity index (χ0v) is 19.2. The van der Waals surface area contributed by atoms with Crippen molar-refractivity contribution in [3.8, 4) is 5.75 Å². The number of thiophene rings is 1. The molecule has 4 rings (SSSR count). The molecule has 0 saturated heterocycles. The quantitative estimate of drug-likeness (QED) is 0.488. The van der Waals surface area contributed by atoms with Gasteiger partial charge < -0.3 is 15.0 Å². The van der Waals surface area contributed by atoms with Gasteiger partial charge in [0.15, 0.2) is 6.10 Å². The minimum Gasteiger partial charge on any atom is -0.480 e. The highest BCUT2D eigenvalue weighted by Crippen LogP contribution is 2.32. The van der Waals surface area contributed by atoms with Crippen molar-refractivity contribution >= 4 is 28.8 Å². The molecule has 1 aliphatic rings. The van der Waals surface area contributed by atoms with Crippen molar-refractivity contribution in [2.75, 3.05) is 5.32 Å². The van der Waals surface area contributed by atoms with Gasteiger partial charge in [0.25, 0.3) is 5.91 Å². The Kier molecular flexibility index (Phi) is 6.92. The van der Waals surface area contributed by atoms with Crippen molar-refractivity contribution in [2.45, 2.75) is 45.1 Å². The summed E-state index contributed by atoms with van der Waals surface area (Å²) in [5.74, 6) is 0.0580. The van der Waals surface area contributed by atoms with Gasteiger partial charge in [-0.3, -0.25) is 9.59 Å². The van der Waals surface area contributed by atoms with E-state index in [-0.39, 0.29) is 31.3 Å². The topological polar surface area (TPSA) is 58.6 Å². The van der Waals surface area contributed by atoms with E-state index in [0.717, 1.165) is 17.0 Å². The Morgan fingerprint density at radius 3 is 2.71 bits per heavy atom. The van der Waals surface area contributed by atoms with Crippen molar-refractivity contribution in [3.63, 3.8) is 0 Å². The molecular weight excluding hydrogens is 465 g/mol. The SMILES string of the molecule is CC[C@@H]1Oc2ccc(NC(=O)Cc3cccs3)cc2CN(Cc2cccc(C(F)(F)F)c2)C1=O. The van der Waals surface area contributed by atoms with E-state index < -0.39 is 17.8 Å². The first-order valence-corrected chi connectivity index (χ1v) is 11.7. The third-order valence-corrected chi connectivity index (χ3v) is 6.35. The third-order valence-electron chi connectivity index (χ3n) is 5.48. The summed E-state index contributed by atoms with van der Waals surface area (Å²) in [5, 5.41) is 4.76. The van der Waals surface area contributed by atoms with Gasteiger partial charge >= 0.3 is 6.18 Å². The summed E-state index contributed by atoms with van der Waals surface area (Å²) < 4.78 is 45.3. The molecule has 5 nitrogen and oxygen atoms in total. The summed E-state index contributed by atoms with van der Waals surface area (Å²) in [6.07, 6.45) is -4.54. The second-order valence-corrected chi connectivity index (χ2v) is 9.07. The number of benzene rings is 2. The van der Waals surface area contributed by atoms with Crippen LogP contribution in [0.25, 0.3) is 0 Å². The number of nitrogens with one attached hydrogen (secondary N) is 1. The van der Waals surface area contributed by atoms with Crippen LogP contribution >= 0.6 is 11.3 Å². The van der Waals surface area contributed by atoms with E-state index in [1.807, 2.05) is 24.4 Å². The number of rotatable bonds is 6. The molecule has 178 valence electrons. The third kappa shape index (κ3) is 5.59. The van der Waals surface area contributed by atoms with Gasteiger partial charge in [0.1, 0.15) is 5.75 Å². The molecule has 2 heterocycles. The first-order chi connectivity index (χ1) is 16.2. The Balaban J connectivity index is 1.56. The first-order valence-electron chi connectivity index (χ1n) is 10.8. The molecule has 2 aromatic carbocycles. The van der Waals surface area contributed by atoms with Crippen LogP contribution in [0.2, 0.25) is 0 Å². The second kappa shape index (κ2) is 9.89. The Hall–Kier alpha value is -3.33. The fourth-order valence-electron chi connectivity index (χ4n) is 3.82. The summed E-state index contributed by atoms with van der Waals surface area (Å²) in [5.41, 5.74) is 0.851. The predicted octanol–water partition coefficient (Wildman–Crippen LogP) is 5.65. The minimum absolute atomic E-state index is 0.0109. The number of alkyl halides is 3. The highest BCUT2D eigenvalue weighted by Gasteiger charge is 2.32. The molecule has 34 heavy (non-hydrogen) atoms. The number of hydrogen-bond donors (Lipinski definition) is 1. The Labute approximate surface area is 199 Å². The van der Waals surface area contributed by atoms with Gasteiger partial charge in [0, 0.05) is 29.2 Å². The Morgan fingerprint density at radius 1 is 1.18 bits per heavy atom. The first kappa shape index (κ1) is 23.8. The molecule has 1 aliphatic heterocycles. The number of nitrogens with zero attached hydrogens (tertiary/aromatic N) is 1. The molecule has 1 atom stereocenters. The number of fused-ring (bicyclic) bond motifs is 1. The summed E-state index contributed by atoms with van der Waals surface area (Å²) in [7, 11) is 0. The van der Waals surface area contributed by atoms with Crippen molar-refractivity contribution in [2.24, 2.45) is 0 Å². The van der Waals surface area contributed by atoms with Crippen molar-refractivity contribution in [1.82, 2.24) is 4.90 Å². The van der Waals surface area contributed by atoms with E-state index >= 15 is 0 Å². The highest BCUT2D eigenvalue weighted by atomic mass is 32.1. The molecule has 1 N–H and O–H groups in total. The van der Waals surface area contributed by atoms with Crippen LogP contribution in [0.4, 0.5) is 18.9 Å². The van der Waals surface area contributed by atoms with Crippen molar-refractivity contribution < 1.29 is 27.5 Å². The molecule has 9 heteroatoms. The lowest BCUT2D eigenvalue weighted by Gasteiger charge is -2.23. The smallest absolute Gasteiger partial charge is 0.416 e. The zero-order valence-electron chi connectivity index (χ0n) is 18.4. The lowest BCUT2D eigenvalue weighted by Crippen LogP contribution is -2.38. The van der Waals surface area contributed by atoms with Gasteiger partial charge in [0.05, 0.1) is 12.0 Å². The molecule has 0 saturated carbocycles. The number of hydrogen-bond acceptors (Lipinski definition) is 4. The van der Waals surface area contributed by atoms with Gasteiger partial charge in [-0.2, -0.15) is 13.2 Å². The fourth-order valence-corrected chi connectivity index (χ4v) is 4.52. The normalized spacial score (nSPS) is 15.9. The van der Waals surface area contributed by atoms with E-state index in [1.54, 1.807) is 24.3 Å². The highest BCUT2D eigenvalue weighted by molar-refractivity contribution is 7.10. The number of carbonyl (C=O) groups excluding carboxylic acids is 2. The summed E-state index contributed by atoms with van der Waals surface area (Å²) in [6.45, 7) is 1.97. The molecule has 0 spiro atoms. The lowest BCUT2D eigenvalue weighted by atomic mass is 10.1. The standard InChI is InChI=1S/C25H23F3N2O3S/c1-2-21-24(32)30(14-16-5-3-6-18(11-16)25(26,27)28)15-17-12-19(8-9-22(17)33-21)29-23(31)13-20-7-4-10-34-20/h3-12,21H,2,13-15H2,1H3,(H,29,31)/t21-/m0/s1. The van der Waals surface area contributed by atoms with Crippen LogP contribution in [0, 0.1) is 0 Å². The molecule has 0 fully saturated rings. The Morgan fingerprint density at radius 2 is 2.00 bits per heavy atom. The molecule has 0 bridgehead atoms. The van der Waals surface area contributed by atoms with E-state index in [1.165, 1.54) is 22.3 Å². The summed E-state index contributed by atoms with van der Waals surface area (Å²) in [6, 6.07) is 13.9. The van der Waals surface area contributed by atoms with E-state index in [9.17, 15) is 22.8 Å². The Bertz CT molecular complexity index is 1180. The minimum atomic E-state index is -4.46. The average Bonchev–Trinajstić information content (AvgIpc) is 3.25. The average molecular weight is 489 g/mol. The van der Waals surface area contributed by atoms with Crippen LogP contribution in [0.15, 0.2) is 60.0 Å². The van der Waals surface area contributed by atoms with Gasteiger partial charge in [-0.05, 0) is 53.8 Å². The van der Waals surface area contributed by atoms with Gasteiger partial charge in [-0.25, -0.2) is 0 Å². The largest absolute Gasteiger partial charge is 0.480 e. The molecule has 3 aromatic rings. The van der Waals surface area contributed by atoms with Gasteiger partial charge in [0.2, 0.25) is 5.91 Å². The summed E-state index contributed by atoms with van der Waals surface area (Å²) >= 11 is 1.50. The number of halogens is 3. The molecule has 1 aromatic heterocycles. The van der Waals surface area contributed by atoms with Crippen LogP contribution in [0.5, 0.6) is 5.75 Å². The van der Waals surface area contributed by atoms with E-state index in [4.69, 9.17) is 4.74 Å². The number of carbonyl (C=O) groups is 2. The predicted molar refractivity (Wildman–Crippen MR) is 123 cm³/mol. The zero-order chi connectivity index (χ0) is 24.3. The number of anilines is 1. The number of amides is 2. The molecule has 0 unspecified atom stereocenters. The number of ether oxygens (including phenoxy) is 1. The van der Waals surface area contributed by atoms with Crippen molar-refractivity contribution in [3.05, 3.63) is 81.5 Å². The van der Waals surface area contributed by atoms with Crippen molar-refractivity contribution in [1.29, 1.82) is 0 Å². The molecule has 2 amide bonds. The molecule has 0 aliphatic carbocycles. The van der Waals surface area contributed by atoms with Crippen LogP contribution in [0.1, 0.15) is 34.9 Å². The molecule has 0 radical (unpaired) electrons. The van der Waals surface area contributed by atoms with Crippen LogP contribution in [0.3, 0.4) is 0 Å². The molecular formula is C25H23F3N2O3S. The lowest BCUT2D eigenvalue weighted by molar-refractivity contribution is -0.139. The fraction of sp³-hybridized carbons (Fsp3) is 0.280. The van der Waals surface area contributed by atoms with Crippen LogP contribution < -0.4 is 10.1 Å². The second-order valence-electron chi connectivity index (χ2n) is 8.03. The maximum atomic E-state index is 13.1. The van der Waals surface area contributed by atoms with Crippen LogP contribution in [-0.2, 0) is 35.3 Å². The summed E-state index contributed by atoms with van der Waals surface area (Å²) in [4.78, 5) is 27.9. The van der Waals surface area contributed by atoms with Gasteiger partial charge in [-0.1, -0.05) is 25.1 Å². The van der Waals surface area contributed by atoms with E-state index in [0.29, 0.717) is 29.0 Å².